The van der Waals surface area contributed by atoms with E-state index >= 15 is 0 Å². The lowest BCUT2D eigenvalue weighted by Gasteiger charge is -2.30. The molecule has 0 aliphatic rings. The third-order valence-electron chi connectivity index (χ3n) is 4.11. The lowest BCUT2D eigenvalue weighted by Crippen LogP contribution is -2.47. The number of hydrogen-bond acceptors (Lipinski definition) is 3. The van der Waals surface area contributed by atoms with E-state index < -0.39 is 16.1 Å². The van der Waals surface area contributed by atoms with E-state index in [9.17, 15) is 13.2 Å². The summed E-state index contributed by atoms with van der Waals surface area (Å²) in [5, 5.41) is 2.86. The Morgan fingerprint density at radius 1 is 1.00 bits per heavy atom. The average Bonchev–Trinajstić information content (AvgIpc) is 2.51. The molecule has 0 aromatic heterocycles. The molecule has 0 aliphatic carbocycles. The van der Waals surface area contributed by atoms with Gasteiger partial charge in [-0.15, -0.1) is 0 Å². The van der Waals surface area contributed by atoms with Gasteiger partial charge in [-0.05, 0) is 62.6 Å². The van der Waals surface area contributed by atoms with Gasteiger partial charge in [0, 0.05) is 5.69 Å². The summed E-state index contributed by atoms with van der Waals surface area (Å²) < 4.78 is 26.1. The molecule has 0 heterocycles. The Labute approximate surface area is 156 Å². The van der Waals surface area contributed by atoms with Gasteiger partial charge in [-0.2, -0.15) is 0 Å². The van der Waals surface area contributed by atoms with E-state index in [2.05, 4.69) is 5.32 Å². The molecule has 6 heteroatoms. The quantitative estimate of drug-likeness (QED) is 0.836. The first-order chi connectivity index (χ1) is 12.1. The molecule has 0 unspecified atom stereocenters. The molecule has 140 valence electrons. The van der Waals surface area contributed by atoms with E-state index in [-0.39, 0.29) is 5.91 Å². The molecule has 0 saturated carbocycles. The second-order valence-electron chi connectivity index (χ2n) is 6.68. The molecule has 2 aromatic carbocycles. The molecule has 0 aliphatic heterocycles. The van der Waals surface area contributed by atoms with E-state index in [1.54, 1.807) is 19.1 Å². The molecule has 0 bridgehead atoms. The van der Waals surface area contributed by atoms with Crippen molar-refractivity contribution in [2.75, 3.05) is 15.9 Å². The Morgan fingerprint density at radius 3 is 2.00 bits per heavy atom. The number of rotatable bonds is 6. The highest BCUT2D eigenvalue weighted by Crippen LogP contribution is 2.24. The van der Waals surface area contributed by atoms with Gasteiger partial charge in [0.2, 0.25) is 15.9 Å². The number of hydrogen-bond donors (Lipinski definition) is 1. The molecule has 2 aromatic rings. The molecule has 0 radical (unpaired) electrons. The number of aryl methyl sites for hydroxylation is 3. The van der Waals surface area contributed by atoms with Gasteiger partial charge in [-0.1, -0.05) is 30.7 Å². The van der Waals surface area contributed by atoms with Crippen molar-refractivity contribution in [1.82, 2.24) is 0 Å². The Balaban J connectivity index is 2.37. The number of nitrogens with zero attached hydrogens (tertiary/aromatic N) is 1. The van der Waals surface area contributed by atoms with Gasteiger partial charge in [-0.3, -0.25) is 9.10 Å². The largest absolute Gasteiger partial charge is 0.324 e. The molecule has 1 N–H and O–H groups in total. The first-order valence-corrected chi connectivity index (χ1v) is 10.4. The molecule has 0 saturated heterocycles. The Bertz CT molecular complexity index is 870. The molecule has 1 atom stereocenters. The van der Waals surface area contributed by atoms with Crippen molar-refractivity contribution < 1.29 is 13.2 Å². The lowest BCUT2D eigenvalue weighted by molar-refractivity contribution is -0.117. The first-order valence-electron chi connectivity index (χ1n) is 8.57. The van der Waals surface area contributed by atoms with E-state index in [0.29, 0.717) is 17.8 Å². The van der Waals surface area contributed by atoms with Crippen molar-refractivity contribution in [2.24, 2.45) is 0 Å². The zero-order valence-electron chi connectivity index (χ0n) is 15.9. The van der Waals surface area contributed by atoms with Crippen molar-refractivity contribution in [3.8, 4) is 0 Å². The number of carbonyl (C=O) groups is 1. The first kappa shape index (κ1) is 20.0. The van der Waals surface area contributed by atoms with Crippen molar-refractivity contribution in [1.29, 1.82) is 0 Å². The minimum Gasteiger partial charge on any atom is -0.324 e. The number of sulfonamides is 1. The summed E-state index contributed by atoms with van der Waals surface area (Å²) in [6.07, 6.45) is 1.48. The van der Waals surface area contributed by atoms with Gasteiger partial charge in [0.15, 0.2) is 0 Å². The number of amides is 1. The van der Waals surface area contributed by atoms with Crippen molar-refractivity contribution in [3.05, 3.63) is 59.2 Å². The SMILES string of the molecule is CC[C@H](C(=O)Nc1cc(C)cc(C)c1)N(c1ccc(C)cc1)S(C)(=O)=O. The third-order valence-corrected chi connectivity index (χ3v) is 5.29. The molecule has 0 fully saturated rings. The zero-order chi connectivity index (χ0) is 19.5. The molecule has 1 amide bonds. The Morgan fingerprint density at radius 2 is 1.54 bits per heavy atom. The smallest absolute Gasteiger partial charge is 0.248 e. The maximum absolute atomic E-state index is 12.9. The summed E-state index contributed by atoms with van der Waals surface area (Å²) in [6, 6.07) is 12.1. The van der Waals surface area contributed by atoms with Crippen molar-refractivity contribution in [3.63, 3.8) is 0 Å². The average molecular weight is 375 g/mol. The fourth-order valence-corrected chi connectivity index (χ4v) is 4.24. The van der Waals surface area contributed by atoms with Gasteiger partial charge in [-0.25, -0.2) is 8.42 Å². The van der Waals surface area contributed by atoms with Gasteiger partial charge < -0.3 is 5.32 Å². The van der Waals surface area contributed by atoms with Crippen LogP contribution in [0.5, 0.6) is 0 Å². The van der Waals surface area contributed by atoms with Crippen LogP contribution < -0.4 is 9.62 Å². The van der Waals surface area contributed by atoms with Crippen LogP contribution in [0.2, 0.25) is 0 Å². The van der Waals surface area contributed by atoms with Crippen LogP contribution >= 0.6 is 0 Å². The van der Waals surface area contributed by atoms with Gasteiger partial charge in [0.1, 0.15) is 6.04 Å². The van der Waals surface area contributed by atoms with Gasteiger partial charge >= 0.3 is 0 Å². The molecule has 2 rings (SSSR count). The molecular weight excluding hydrogens is 348 g/mol. The third kappa shape index (κ3) is 4.85. The highest BCUT2D eigenvalue weighted by atomic mass is 32.2. The van der Waals surface area contributed by atoms with Gasteiger partial charge in [0.25, 0.3) is 0 Å². The number of carbonyl (C=O) groups excluding carboxylic acids is 1. The van der Waals surface area contributed by atoms with Gasteiger partial charge in [0.05, 0.1) is 11.9 Å². The summed E-state index contributed by atoms with van der Waals surface area (Å²) >= 11 is 0. The second kappa shape index (κ2) is 7.91. The monoisotopic (exact) mass is 374 g/mol. The molecular formula is C20H26N2O3S. The van der Waals surface area contributed by atoms with Crippen LogP contribution in [0.1, 0.15) is 30.0 Å². The number of nitrogens with one attached hydrogen (secondary N) is 1. The number of benzene rings is 2. The van der Waals surface area contributed by atoms with Crippen LogP contribution in [0.15, 0.2) is 42.5 Å². The van der Waals surface area contributed by atoms with Crippen LogP contribution in [0.25, 0.3) is 0 Å². The lowest BCUT2D eigenvalue weighted by atomic mass is 10.1. The molecule has 26 heavy (non-hydrogen) atoms. The molecule has 0 spiro atoms. The fraction of sp³-hybridized carbons (Fsp3) is 0.350. The number of anilines is 2. The normalized spacial score (nSPS) is 12.5. The molecule has 5 nitrogen and oxygen atoms in total. The van der Waals surface area contributed by atoms with Crippen LogP contribution in [0.3, 0.4) is 0 Å². The summed E-state index contributed by atoms with van der Waals surface area (Å²) in [4.78, 5) is 12.9. The topological polar surface area (TPSA) is 66.5 Å². The second-order valence-corrected chi connectivity index (χ2v) is 8.54. The summed E-state index contributed by atoms with van der Waals surface area (Å²) in [5.74, 6) is -0.344. The summed E-state index contributed by atoms with van der Waals surface area (Å²) in [7, 11) is -3.62. The van der Waals surface area contributed by atoms with Crippen molar-refractivity contribution >= 4 is 27.3 Å². The summed E-state index contributed by atoms with van der Waals surface area (Å²) in [6.45, 7) is 7.64. The zero-order valence-corrected chi connectivity index (χ0v) is 16.7. The van der Waals surface area contributed by atoms with Crippen LogP contribution in [0.4, 0.5) is 11.4 Å². The maximum Gasteiger partial charge on any atom is 0.248 e. The predicted molar refractivity (Wildman–Crippen MR) is 107 cm³/mol. The highest BCUT2D eigenvalue weighted by molar-refractivity contribution is 7.92. The summed E-state index contributed by atoms with van der Waals surface area (Å²) in [5.41, 5.74) is 4.25. The Kier molecular flexibility index (Phi) is 6.08. The van der Waals surface area contributed by atoms with E-state index in [1.165, 1.54) is 4.31 Å². The standard InChI is InChI=1S/C20H26N2O3S/c1-6-19(20(23)21-17-12-15(3)11-16(4)13-17)22(26(5,24)25)18-9-7-14(2)8-10-18/h7-13,19H,6H2,1-5H3,(H,21,23)/t19-/m1/s1. The fourth-order valence-electron chi connectivity index (χ4n) is 3.02. The minimum absolute atomic E-state index is 0.344. The van der Waals surface area contributed by atoms with Crippen molar-refractivity contribution in [2.45, 2.75) is 40.2 Å². The van der Waals surface area contributed by atoms with E-state index in [0.717, 1.165) is 22.9 Å². The van der Waals surface area contributed by atoms with Crippen LogP contribution in [0, 0.1) is 20.8 Å². The Hall–Kier alpha value is -2.34. The predicted octanol–water partition coefficient (Wildman–Crippen LogP) is 3.80. The van der Waals surface area contributed by atoms with E-state index in [4.69, 9.17) is 0 Å². The van der Waals surface area contributed by atoms with Crippen LogP contribution in [-0.2, 0) is 14.8 Å². The maximum atomic E-state index is 12.9. The highest BCUT2D eigenvalue weighted by Gasteiger charge is 2.31. The van der Waals surface area contributed by atoms with Crippen LogP contribution in [-0.4, -0.2) is 26.6 Å². The minimum atomic E-state index is -3.62. The van der Waals surface area contributed by atoms with E-state index in [1.807, 2.05) is 51.1 Å².